The van der Waals surface area contributed by atoms with Crippen molar-refractivity contribution in [3.8, 4) is 0 Å². The average molecular weight is 617 g/mol. The second-order valence-corrected chi connectivity index (χ2v) is 13.6. The third-order valence-electron chi connectivity index (χ3n) is 8.99. The highest BCUT2D eigenvalue weighted by molar-refractivity contribution is 5.93. The summed E-state index contributed by atoms with van der Waals surface area (Å²) in [5.41, 5.74) is 2.86. The zero-order valence-corrected chi connectivity index (χ0v) is 28.8. The summed E-state index contributed by atoms with van der Waals surface area (Å²) in [4.78, 5) is 47.4. The average Bonchev–Trinajstić information content (AvgIpc) is 3.03. The van der Waals surface area contributed by atoms with Crippen LogP contribution in [0, 0.1) is 11.8 Å². The molecule has 1 heterocycles. The van der Waals surface area contributed by atoms with E-state index in [1.165, 1.54) is 5.56 Å². The fourth-order valence-corrected chi connectivity index (χ4v) is 6.28. The number of nitrogens with zero attached hydrogens (tertiary/aromatic N) is 3. The van der Waals surface area contributed by atoms with Gasteiger partial charge in [-0.2, -0.15) is 0 Å². The normalized spacial score (nSPS) is 17.3. The van der Waals surface area contributed by atoms with Gasteiger partial charge in [-0.05, 0) is 69.5 Å². The van der Waals surface area contributed by atoms with E-state index in [1.54, 1.807) is 11.9 Å². The van der Waals surface area contributed by atoms with Gasteiger partial charge in [0, 0.05) is 31.8 Å². The van der Waals surface area contributed by atoms with Crippen molar-refractivity contribution in [1.29, 1.82) is 0 Å². The molecule has 0 aromatic heterocycles. The summed E-state index contributed by atoms with van der Waals surface area (Å²) < 4.78 is 0. The van der Waals surface area contributed by atoms with Crippen LogP contribution in [0.1, 0.15) is 78.9 Å². The first-order valence-corrected chi connectivity index (χ1v) is 16.8. The molecular formula is C38H56N4O3. The minimum Gasteiger partial charge on any atom is -0.343 e. The minimum atomic E-state index is -0.649. The standard InChI is InChI=1S/C38H56N4O3/c1-27(2)34(40(8)38(45)35(28(3)4)39-36(43)33-21-15-16-23-42(33)29(5)6)25-30(7)37(44)41(26-32-19-13-10-14-20-32)24-22-31-17-11-9-12-18-31/h9-14,17-20,25,27-29,33-35H,15-16,21-24,26H2,1-8H3,(H,39,43)/b30-25+/t33?,34-,35?/m1/s1. The molecule has 0 spiro atoms. The number of likely N-dealkylation sites (tertiary alicyclic amines) is 1. The molecule has 7 heteroatoms. The van der Waals surface area contributed by atoms with Gasteiger partial charge in [0.25, 0.3) is 0 Å². The van der Waals surface area contributed by atoms with Crippen LogP contribution in [-0.4, -0.2) is 76.7 Å². The van der Waals surface area contributed by atoms with E-state index < -0.39 is 6.04 Å². The molecule has 0 saturated carbocycles. The molecule has 0 radical (unpaired) electrons. The molecule has 45 heavy (non-hydrogen) atoms. The number of piperidine rings is 1. The summed E-state index contributed by atoms with van der Waals surface area (Å²) in [6, 6.07) is 19.3. The molecule has 0 bridgehead atoms. The molecule has 3 rings (SSSR count). The summed E-state index contributed by atoms with van der Waals surface area (Å²) in [5, 5.41) is 3.13. The number of carbonyl (C=O) groups is 3. The molecule has 1 aliphatic rings. The molecule has 1 saturated heterocycles. The lowest BCUT2D eigenvalue weighted by Gasteiger charge is -2.39. The maximum absolute atomic E-state index is 14.0. The summed E-state index contributed by atoms with van der Waals surface area (Å²) in [6.07, 6.45) is 5.60. The Labute approximate surface area is 272 Å². The number of amides is 3. The number of hydrogen-bond donors (Lipinski definition) is 1. The third-order valence-corrected chi connectivity index (χ3v) is 8.99. The molecule has 1 N–H and O–H groups in total. The van der Waals surface area contributed by atoms with Crippen LogP contribution in [0.4, 0.5) is 0 Å². The van der Waals surface area contributed by atoms with Gasteiger partial charge in [0.2, 0.25) is 17.7 Å². The van der Waals surface area contributed by atoms with Crippen molar-refractivity contribution in [2.75, 3.05) is 20.1 Å². The van der Waals surface area contributed by atoms with Crippen LogP contribution in [0.3, 0.4) is 0 Å². The molecule has 3 amide bonds. The first-order chi connectivity index (χ1) is 21.4. The lowest BCUT2D eigenvalue weighted by Crippen LogP contribution is -2.58. The van der Waals surface area contributed by atoms with Crippen LogP contribution >= 0.6 is 0 Å². The maximum atomic E-state index is 14.0. The van der Waals surface area contributed by atoms with Crippen LogP contribution in [0.25, 0.3) is 0 Å². The van der Waals surface area contributed by atoms with Crippen molar-refractivity contribution in [1.82, 2.24) is 20.0 Å². The minimum absolute atomic E-state index is 0.0407. The van der Waals surface area contributed by atoms with E-state index in [-0.39, 0.29) is 47.7 Å². The first-order valence-electron chi connectivity index (χ1n) is 16.8. The van der Waals surface area contributed by atoms with E-state index in [4.69, 9.17) is 0 Å². The van der Waals surface area contributed by atoms with Gasteiger partial charge >= 0.3 is 0 Å². The molecule has 2 aromatic carbocycles. The topological polar surface area (TPSA) is 73.0 Å². The van der Waals surface area contributed by atoms with Crippen molar-refractivity contribution in [2.45, 2.75) is 105 Å². The fourth-order valence-electron chi connectivity index (χ4n) is 6.28. The number of likely N-dealkylation sites (N-methyl/N-ethyl adjacent to an activating group) is 1. The van der Waals surface area contributed by atoms with Gasteiger partial charge < -0.3 is 15.1 Å². The Bertz CT molecular complexity index is 1260. The lowest BCUT2D eigenvalue weighted by molar-refractivity contribution is -0.140. The molecule has 2 aromatic rings. The molecule has 1 fully saturated rings. The predicted octanol–water partition coefficient (Wildman–Crippen LogP) is 6.09. The lowest BCUT2D eigenvalue weighted by atomic mass is 9.95. The van der Waals surface area contributed by atoms with Crippen molar-refractivity contribution < 1.29 is 14.4 Å². The molecule has 1 aliphatic heterocycles. The summed E-state index contributed by atoms with van der Waals surface area (Å²) >= 11 is 0. The van der Waals surface area contributed by atoms with Gasteiger partial charge in [-0.15, -0.1) is 0 Å². The van der Waals surface area contributed by atoms with E-state index in [0.29, 0.717) is 18.7 Å². The van der Waals surface area contributed by atoms with Crippen LogP contribution in [0.2, 0.25) is 0 Å². The second kappa shape index (κ2) is 17.3. The molecular weight excluding hydrogens is 560 g/mol. The Balaban J connectivity index is 1.80. The Hall–Kier alpha value is -3.45. The molecule has 3 atom stereocenters. The van der Waals surface area contributed by atoms with Gasteiger partial charge in [-0.3, -0.25) is 19.3 Å². The smallest absolute Gasteiger partial charge is 0.249 e. The third kappa shape index (κ3) is 10.3. The van der Waals surface area contributed by atoms with E-state index in [9.17, 15) is 14.4 Å². The van der Waals surface area contributed by atoms with Crippen LogP contribution in [-0.2, 0) is 27.3 Å². The second-order valence-electron chi connectivity index (χ2n) is 13.6. The zero-order valence-electron chi connectivity index (χ0n) is 28.8. The molecule has 7 nitrogen and oxygen atoms in total. The van der Waals surface area contributed by atoms with Gasteiger partial charge in [0.15, 0.2) is 0 Å². The Morgan fingerprint density at radius 1 is 0.889 bits per heavy atom. The van der Waals surface area contributed by atoms with Crippen LogP contribution in [0.5, 0.6) is 0 Å². The highest BCUT2D eigenvalue weighted by atomic mass is 16.2. The highest BCUT2D eigenvalue weighted by Gasteiger charge is 2.36. The Morgan fingerprint density at radius 3 is 2.04 bits per heavy atom. The summed E-state index contributed by atoms with van der Waals surface area (Å²) in [7, 11) is 1.79. The van der Waals surface area contributed by atoms with Crippen LogP contribution in [0.15, 0.2) is 72.3 Å². The number of carbonyl (C=O) groups excluding carboxylic acids is 3. The SMILES string of the molecule is C/C(=C\[C@H](C(C)C)N(C)C(=O)C(NC(=O)C1CCCCN1C(C)C)C(C)C)C(=O)N(CCc1ccccc1)Cc1ccccc1. The van der Waals surface area contributed by atoms with Crippen molar-refractivity contribution in [3.05, 3.63) is 83.4 Å². The maximum Gasteiger partial charge on any atom is 0.249 e. The fraction of sp³-hybridized carbons (Fsp3) is 0.553. The summed E-state index contributed by atoms with van der Waals surface area (Å²) in [6.45, 7) is 16.2. The van der Waals surface area contributed by atoms with E-state index >= 15 is 0 Å². The van der Waals surface area contributed by atoms with Crippen LogP contribution < -0.4 is 5.32 Å². The van der Waals surface area contributed by atoms with Gasteiger partial charge in [0.1, 0.15) is 6.04 Å². The Morgan fingerprint density at radius 2 is 1.49 bits per heavy atom. The Kier molecular flexibility index (Phi) is 13.8. The number of nitrogens with one attached hydrogen (secondary N) is 1. The van der Waals surface area contributed by atoms with Gasteiger partial charge in [-0.25, -0.2) is 0 Å². The zero-order chi connectivity index (χ0) is 33.1. The first kappa shape index (κ1) is 36.0. The van der Waals surface area contributed by atoms with Gasteiger partial charge in [0.05, 0.1) is 12.1 Å². The summed E-state index contributed by atoms with van der Waals surface area (Å²) in [5.74, 6) is -0.265. The molecule has 0 aliphatic carbocycles. The number of benzene rings is 2. The monoisotopic (exact) mass is 616 g/mol. The predicted molar refractivity (Wildman–Crippen MR) is 183 cm³/mol. The van der Waals surface area contributed by atoms with E-state index in [0.717, 1.165) is 37.8 Å². The van der Waals surface area contributed by atoms with Crippen molar-refractivity contribution >= 4 is 17.7 Å². The molecule has 2 unspecified atom stereocenters. The van der Waals surface area contributed by atoms with E-state index in [2.05, 4.69) is 50.0 Å². The highest BCUT2D eigenvalue weighted by Crippen LogP contribution is 2.22. The van der Waals surface area contributed by atoms with Crippen molar-refractivity contribution in [2.24, 2.45) is 11.8 Å². The van der Waals surface area contributed by atoms with Crippen molar-refractivity contribution in [3.63, 3.8) is 0 Å². The quantitative estimate of drug-likeness (QED) is 0.261. The largest absolute Gasteiger partial charge is 0.343 e. The van der Waals surface area contributed by atoms with E-state index in [1.807, 2.05) is 80.3 Å². The number of hydrogen-bond acceptors (Lipinski definition) is 4. The van der Waals surface area contributed by atoms with Gasteiger partial charge in [-0.1, -0.05) is 101 Å². The number of rotatable bonds is 14. The molecule has 246 valence electrons.